The summed E-state index contributed by atoms with van der Waals surface area (Å²) in [6, 6.07) is 0. The fourth-order valence-electron chi connectivity index (χ4n) is 4.83. The monoisotopic (exact) mass is 472 g/mol. The molecule has 2 aliphatic heterocycles. The lowest BCUT2D eigenvalue weighted by Crippen LogP contribution is -2.60. The molecule has 2 rings (SSSR count). The van der Waals surface area contributed by atoms with Crippen LogP contribution in [0.1, 0.15) is 34.1 Å². The van der Waals surface area contributed by atoms with Crippen LogP contribution in [0.3, 0.4) is 0 Å². The number of aliphatic hydroxyl groups excluding tert-OH is 1. The Balaban J connectivity index is 2.02. The second kappa shape index (κ2) is 13.3. The van der Waals surface area contributed by atoms with Crippen LogP contribution in [0.25, 0.3) is 0 Å². The van der Waals surface area contributed by atoms with E-state index in [2.05, 4.69) is 13.8 Å². The van der Waals surface area contributed by atoms with Gasteiger partial charge in [0.1, 0.15) is 30.5 Å². The minimum Gasteiger partial charge on any atom is -0.390 e. The van der Waals surface area contributed by atoms with Crippen LogP contribution in [-0.4, -0.2) is 95.8 Å². The van der Waals surface area contributed by atoms with Gasteiger partial charge < -0.3 is 38.3 Å². The Morgan fingerprint density at radius 3 is 2.06 bits per heavy atom. The van der Waals surface area contributed by atoms with Gasteiger partial charge in [0.25, 0.3) is 0 Å². The molecule has 11 atom stereocenters. The standard InChI is InChI=1S/C25H44O8/c1-10-17(27-5)16(4)20-21(32-20)18(26)14(2)12-11-13-15(3)19-22(28-6)23(29-7)24(30-8)25(31-9)33-19/h11-14,16-26H,10H2,1-9H3/b12-11+,15-13+/t14-,16+,17-,18+,19+,20+,21+,22+,23-,24-,25-/m0/s1. The molecule has 2 aliphatic rings. The number of methoxy groups -OCH3 is 5. The Labute approximate surface area is 199 Å². The first-order valence-electron chi connectivity index (χ1n) is 11.8. The molecule has 0 saturated carbocycles. The van der Waals surface area contributed by atoms with E-state index in [0.717, 1.165) is 12.0 Å². The normalized spacial score (nSPS) is 36.5. The van der Waals surface area contributed by atoms with Crippen molar-refractivity contribution in [3.63, 3.8) is 0 Å². The third-order valence-electron chi connectivity index (χ3n) is 7.01. The Hall–Kier alpha value is -0.840. The molecule has 192 valence electrons. The summed E-state index contributed by atoms with van der Waals surface area (Å²) in [5.74, 6) is 0.173. The number of ether oxygens (including phenoxy) is 7. The Bertz CT molecular complexity index is 634. The summed E-state index contributed by atoms with van der Waals surface area (Å²) in [5.41, 5.74) is 0.957. The maximum atomic E-state index is 10.8. The zero-order valence-electron chi connectivity index (χ0n) is 21.6. The van der Waals surface area contributed by atoms with E-state index in [9.17, 15) is 5.11 Å². The molecule has 0 aromatic rings. The van der Waals surface area contributed by atoms with Crippen molar-refractivity contribution in [3.8, 4) is 0 Å². The van der Waals surface area contributed by atoms with Gasteiger partial charge in [0.15, 0.2) is 6.29 Å². The van der Waals surface area contributed by atoms with Crippen LogP contribution < -0.4 is 0 Å². The van der Waals surface area contributed by atoms with E-state index in [4.69, 9.17) is 33.2 Å². The molecule has 0 unspecified atom stereocenters. The summed E-state index contributed by atoms with van der Waals surface area (Å²) in [6.45, 7) is 8.18. The van der Waals surface area contributed by atoms with Crippen molar-refractivity contribution >= 4 is 0 Å². The van der Waals surface area contributed by atoms with Crippen LogP contribution in [0, 0.1) is 11.8 Å². The van der Waals surface area contributed by atoms with E-state index in [1.165, 1.54) is 0 Å². The molecular formula is C25H44O8. The molecule has 2 fully saturated rings. The topological polar surface area (TPSA) is 88.1 Å². The number of hydrogen-bond acceptors (Lipinski definition) is 8. The van der Waals surface area contributed by atoms with Crippen LogP contribution in [0.2, 0.25) is 0 Å². The Morgan fingerprint density at radius 1 is 0.909 bits per heavy atom. The Morgan fingerprint density at radius 2 is 1.55 bits per heavy atom. The molecule has 1 N–H and O–H groups in total. The molecule has 2 saturated heterocycles. The van der Waals surface area contributed by atoms with Gasteiger partial charge in [0.05, 0.1) is 18.3 Å². The van der Waals surface area contributed by atoms with Gasteiger partial charge in [-0.3, -0.25) is 0 Å². The average Bonchev–Trinajstić information content (AvgIpc) is 3.63. The number of hydrogen-bond donors (Lipinski definition) is 1. The summed E-state index contributed by atoms with van der Waals surface area (Å²) in [5, 5.41) is 10.8. The van der Waals surface area contributed by atoms with Crippen molar-refractivity contribution in [2.24, 2.45) is 11.8 Å². The van der Waals surface area contributed by atoms with Crippen LogP contribution in [0.15, 0.2) is 23.8 Å². The lowest BCUT2D eigenvalue weighted by Gasteiger charge is -2.44. The molecule has 0 aromatic carbocycles. The van der Waals surface area contributed by atoms with Gasteiger partial charge in [-0.2, -0.15) is 0 Å². The summed E-state index contributed by atoms with van der Waals surface area (Å²) < 4.78 is 39.9. The highest BCUT2D eigenvalue weighted by Crippen LogP contribution is 2.37. The summed E-state index contributed by atoms with van der Waals surface area (Å²) in [7, 11) is 8.17. The summed E-state index contributed by atoms with van der Waals surface area (Å²) >= 11 is 0. The lowest BCUT2D eigenvalue weighted by atomic mass is 9.91. The first-order valence-corrected chi connectivity index (χ1v) is 11.8. The smallest absolute Gasteiger partial charge is 0.186 e. The summed E-state index contributed by atoms with van der Waals surface area (Å²) in [4.78, 5) is 0. The SMILES string of the molecule is CC[C@H](OC)[C@@H](C)[C@H]1O[C@@H]1[C@H](O)[C@@H](C)/C=C/C=C(\C)[C@H]1O[C@H](OC)[C@@H](OC)[C@@H](OC)[C@@H]1OC. The minimum atomic E-state index is -0.576. The number of rotatable bonds is 13. The second-order valence-electron chi connectivity index (χ2n) is 9.01. The lowest BCUT2D eigenvalue weighted by molar-refractivity contribution is -0.295. The second-order valence-corrected chi connectivity index (χ2v) is 9.01. The van der Waals surface area contributed by atoms with Crippen LogP contribution in [0.5, 0.6) is 0 Å². The molecule has 8 nitrogen and oxygen atoms in total. The number of allylic oxidation sites excluding steroid dienone is 2. The zero-order chi connectivity index (χ0) is 24.7. The van der Waals surface area contributed by atoms with Gasteiger partial charge in [-0.1, -0.05) is 39.0 Å². The average molecular weight is 473 g/mol. The van der Waals surface area contributed by atoms with Crippen molar-refractivity contribution in [1.82, 2.24) is 0 Å². The van der Waals surface area contributed by atoms with Gasteiger partial charge in [0, 0.05) is 47.4 Å². The van der Waals surface area contributed by atoms with Gasteiger partial charge in [-0.15, -0.1) is 0 Å². The predicted octanol–water partition coefficient (Wildman–Crippen LogP) is 2.73. The van der Waals surface area contributed by atoms with E-state index in [1.807, 2.05) is 32.1 Å². The fraction of sp³-hybridized carbons (Fsp3) is 0.840. The van der Waals surface area contributed by atoms with Gasteiger partial charge >= 0.3 is 0 Å². The van der Waals surface area contributed by atoms with Crippen LogP contribution >= 0.6 is 0 Å². The van der Waals surface area contributed by atoms with E-state index >= 15 is 0 Å². The maximum absolute atomic E-state index is 10.8. The van der Waals surface area contributed by atoms with E-state index < -0.39 is 18.5 Å². The third-order valence-corrected chi connectivity index (χ3v) is 7.01. The van der Waals surface area contributed by atoms with Crippen molar-refractivity contribution in [2.75, 3.05) is 35.5 Å². The highest BCUT2D eigenvalue weighted by molar-refractivity contribution is 5.19. The highest BCUT2D eigenvalue weighted by Gasteiger charge is 2.50. The van der Waals surface area contributed by atoms with Crippen molar-refractivity contribution in [1.29, 1.82) is 0 Å². The maximum Gasteiger partial charge on any atom is 0.186 e. The van der Waals surface area contributed by atoms with Gasteiger partial charge in [0.2, 0.25) is 0 Å². The van der Waals surface area contributed by atoms with Crippen LogP contribution in [0.4, 0.5) is 0 Å². The first kappa shape index (κ1) is 28.4. The molecular weight excluding hydrogens is 428 g/mol. The van der Waals surface area contributed by atoms with Crippen molar-refractivity contribution in [3.05, 3.63) is 23.8 Å². The largest absolute Gasteiger partial charge is 0.390 e. The molecule has 0 spiro atoms. The van der Waals surface area contributed by atoms with Gasteiger partial charge in [-0.25, -0.2) is 0 Å². The van der Waals surface area contributed by atoms with Gasteiger partial charge in [-0.05, 0) is 18.9 Å². The molecule has 2 heterocycles. The van der Waals surface area contributed by atoms with Crippen molar-refractivity contribution in [2.45, 2.75) is 89.2 Å². The molecule has 0 aliphatic carbocycles. The highest BCUT2D eigenvalue weighted by atomic mass is 16.7. The molecule has 0 radical (unpaired) electrons. The van der Waals surface area contributed by atoms with E-state index in [1.54, 1.807) is 35.5 Å². The predicted molar refractivity (Wildman–Crippen MR) is 125 cm³/mol. The molecule has 0 bridgehead atoms. The molecule has 8 heteroatoms. The third kappa shape index (κ3) is 6.64. The molecule has 0 amide bonds. The number of epoxide rings is 1. The Kier molecular flexibility index (Phi) is 11.4. The molecule has 33 heavy (non-hydrogen) atoms. The van der Waals surface area contributed by atoms with E-state index in [-0.39, 0.29) is 48.5 Å². The summed E-state index contributed by atoms with van der Waals surface area (Å²) in [6.07, 6.45) is 4.20. The van der Waals surface area contributed by atoms with Crippen molar-refractivity contribution < 1.29 is 38.3 Å². The first-order chi connectivity index (χ1) is 15.8. The quantitative estimate of drug-likeness (QED) is 0.323. The minimum absolute atomic E-state index is 0.0295. The molecule has 0 aromatic heterocycles. The van der Waals surface area contributed by atoms with E-state index in [0.29, 0.717) is 0 Å². The zero-order valence-corrected chi connectivity index (χ0v) is 21.6. The number of aliphatic hydroxyl groups is 1. The fourth-order valence-corrected chi connectivity index (χ4v) is 4.83. The van der Waals surface area contributed by atoms with Crippen LogP contribution in [-0.2, 0) is 33.2 Å².